The van der Waals surface area contributed by atoms with E-state index in [9.17, 15) is 0 Å². The number of rotatable bonds is 2. The number of hydrogen-bond acceptors (Lipinski definition) is 3. The lowest BCUT2D eigenvalue weighted by Crippen LogP contribution is -2.59. The van der Waals surface area contributed by atoms with E-state index in [1.54, 1.807) is 0 Å². The molecule has 2 atom stereocenters. The van der Waals surface area contributed by atoms with E-state index in [0.717, 1.165) is 6.04 Å². The molecular formula is C15H31N3. The molecule has 2 unspecified atom stereocenters. The smallest absolute Gasteiger partial charge is 0.0252 e. The average molecular weight is 253 g/mol. The Morgan fingerprint density at radius 3 is 2.28 bits per heavy atom. The van der Waals surface area contributed by atoms with Crippen molar-refractivity contribution in [3.05, 3.63) is 0 Å². The van der Waals surface area contributed by atoms with Crippen molar-refractivity contribution in [2.45, 2.75) is 64.1 Å². The van der Waals surface area contributed by atoms with Crippen molar-refractivity contribution in [3.63, 3.8) is 0 Å². The molecule has 0 spiro atoms. The summed E-state index contributed by atoms with van der Waals surface area (Å²) in [6, 6.07) is 1.74. The highest BCUT2D eigenvalue weighted by Crippen LogP contribution is 2.37. The van der Waals surface area contributed by atoms with E-state index in [1.807, 2.05) is 0 Å². The molecule has 2 N–H and O–H groups in total. The zero-order valence-electron chi connectivity index (χ0n) is 12.7. The molecule has 18 heavy (non-hydrogen) atoms. The third-order valence-corrected chi connectivity index (χ3v) is 5.34. The van der Waals surface area contributed by atoms with Gasteiger partial charge in [-0.25, -0.2) is 0 Å². The third kappa shape index (κ3) is 2.89. The Morgan fingerprint density at radius 2 is 1.72 bits per heavy atom. The summed E-state index contributed by atoms with van der Waals surface area (Å²) < 4.78 is 0. The summed E-state index contributed by atoms with van der Waals surface area (Å²) in [6.45, 7) is 7.15. The van der Waals surface area contributed by atoms with Crippen LogP contribution in [0.15, 0.2) is 0 Å². The number of nitrogens with two attached hydrogens (primary N) is 1. The molecule has 3 heteroatoms. The maximum atomic E-state index is 6.53. The van der Waals surface area contributed by atoms with Gasteiger partial charge >= 0.3 is 0 Å². The number of hydrogen-bond donors (Lipinski definition) is 1. The van der Waals surface area contributed by atoms with Crippen LogP contribution in [0.1, 0.15) is 46.0 Å². The maximum Gasteiger partial charge on any atom is 0.0252 e. The molecule has 106 valence electrons. The molecule has 1 aliphatic heterocycles. The van der Waals surface area contributed by atoms with E-state index in [2.05, 4.69) is 37.7 Å². The standard InChI is InChI=1S/C15H31N3/c1-15(2)9-5-6-13(14(15)16)18-10-7-12(8-11-18)17(3)4/h12-14H,5-11,16H2,1-4H3. The summed E-state index contributed by atoms with van der Waals surface area (Å²) in [5.41, 5.74) is 6.85. The van der Waals surface area contributed by atoms with Crippen molar-refractivity contribution in [2.24, 2.45) is 11.1 Å². The number of nitrogens with zero attached hydrogens (tertiary/aromatic N) is 2. The summed E-state index contributed by atoms with van der Waals surface area (Å²) in [6.07, 6.45) is 6.54. The zero-order chi connectivity index (χ0) is 13.3. The highest BCUT2D eigenvalue weighted by Gasteiger charge is 2.40. The summed E-state index contributed by atoms with van der Waals surface area (Å²) >= 11 is 0. The molecule has 2 aliphatic rings. The first kappa shape index (κ1) is 14.3. The quantitative estimate of drug-likeness (QED) is 0.816. The third-order valence-electron chi connectivity index (χ3n) is 5.34. The molecule has 2 fully saturated rings. The Morgan fingerprint density at radius 1 is 1.11 bits per heavy atom. The predicted octanol–water partition coefficient (Wildman–Crippen LogP) is 1.92. The van der Waals surface area contributed by atoms with Crippen LogP contribution in [-0.4, -0.2) is 55.1 Å². The van der Waals surface area contributed by atoms with Crippen molar-refractivity contribution >= 4 is 0 Å². The van der Waals surface area contributed by atoms with Crippen molar-refractivity contribution in [1.29, 1.82) is 0 Å². The van der Waals surface area contributed by atoms with Crippen LogP contribution in [0.3, 0.4) is 0 Å². The van der Waals surface area contributed by atoms with E-state index in [1.165, 1.54) is 45.2 Å². The monoisotopic (exact) mass is 253 g/mol. The molecule has 3 nitrogen and oxygen atoms in total. The van der Waals surface area contributed by atoms with Gasteiger partial charge in [-0.05, 0) is 58.3 Å². The molecule has 1 saturated heterocycles. The lowest BCUT2D eigenvalue weighted by molar-refractivity contribution is 0.0382. The Kier molecular flexibility index (Phi) is 4.35. The normalized spacial score (nSPS) is 35.0. The molecule has 0 radical (unpaired) electrons. The van der Waals surface area contributed by atoms with Gasteiger partial charge in [0.25, 0.3) is 0 Å². The second-order valence-corrected chi connectivity index (χ2v) is 7.20. The molecule has 0 aromatic carbocycles. The molecule has 1 heterocycles. The van der Waals surface area contributed by atoms with Crippen LogP contribution in [0.4, 0.5) is 0 Å². The number of likely N-dealkylation sites (tertiary alicyclic amines) is 1. The van der Waals surface area contributed by atoms with Gasteiger partial charge in [0.15, 0.2) is 0 Å². The lowest BCUT2D eigenvalue weighted by atomic mass is 9.70. The molecule has 2 rings (SSSR count). The highest BCUT2D eigenvalue weighted by atomic mass is 15.2. The molecule has 0 bridgehead atoms. The van der Waals surface area contributed by atoms with Crippen molar-refractivity contribution in [3.8, 4) is 0 Å². The predicted molar refractivity (Wildman–Crippen MR) is 77.7 cm³/mol. The molecular weight excluding hydrogens is 222 g/mol. The maximum absolute atomic E-state index is 6.53. The van der Waals surface area contributed by atoms with Crippen LogP contribution in [0.25, 0.3) is 0 Å². The van der Waals surface area contributed by atoms with Crippen LogP contribution in [0.2, 0.25) is 0 Å². The van der Waals surface area contributed by atoms with Crippen LogP contribution in [-0.2, 0) is 0 Å². The summed E-state index contributed by atoms with van der Waals surface area (Å²) in [7, 11) is 4.41. The summed E-state index contributed by atoms with van der Waals surface area (Å²) in [4.78, 5) is 5.05. The van der Waals surface area contributed by atoms with Crippen LogP contribution in [0, 0.1) is 5.41 Å². The fourth-order valence-corrected chi connectivity index (χ4v) is 3.78. The van der Waals surface area contributed by atoms with Crippen LogP contribution in [0.5, 0.6) is 0 Å². The van der Waals surface area contributed by atoms with Gasteiger partial charge in [0.2, 0.25) is 0 Å². The van der Waals surface area contributed by atoms with Gasteiger partial charge in [0, 0.05) is 18.1 Å². The van der Waals surface area contributed by atoms with Crippen LogP contribution >= 0.6 is 0 Å². The van der Waals surface area contributed by atoms with E-state index in [0.29, 0.717) is 17.5 Å². The fraction of sp³-hybridized carbons (Fsp3) is 1.00. The zero-order valence-corrected chi connectivity index (χ0v) is 12.7. The Labute approximate surface area is 113 Å². The van der Waals surface area contributed by atoms with Gasteiger partial charge in [0.05, 0.1) is 0 Å². The van der Waals surface area contributed by atoms with E-state index < -0.39 is 0 Å². The molecule has 0 aromatic heterocycles. The van der Waals surface area contributed by atoms with E-state index in [4.69, 9.17) is 5.73 Å². The minimum Gasteiger partial charge on any atom is -0.326 e. The van der Waals surface area contributed by atoms with Gasteiger partial charge in [-0.1, -0.05) is 20.3 Å². The average Bonchev–Trinajstić information content (AvgIpc) is 2.33. The van der Waals surface area contributed by atoms with Crippen molar-refractivity contribution < 1.29 is 0 Å². The second-order valence-electron chi connectivity index (χ2n) is 7.20. The summed E-state index contributed by atoms with van der Waals surface area (Å²) in [5, 5.41) is 0. The van der Waals surface area contributed by atoms with Gasteiger partial charge in [-0.3, -0.25) is 4.90 Å². The molecule has 0 aromatic rings. The minimum absolute atomic E-state index is 0.321. The Hall–Kier alpha value is -0.120. The van der Waals surface area contributed by atoms with E-state index >= 15 is 0 Å². The Bertz CT molecular complexity index is 267. The van der Waals surface area contributed by atoms with Crippen LogP contribution < -0.4 is 5.73 Å². The molecule has 1 saturated carbocycles. The van der Waals surface area contributed by atoms with E-state index in [-0.39, 0.29) is 0 Å². The largest absolute Gasteiger partial charge is 0.326 e. The van der Waals surface area contributed by atoms with Gasteiger partial charge in [0.1, 0.15) is 0 Å². The van der Waals surface area contributed by atoms with Gasteiger partial charge in [-0.2, -0.15) is 0 Å². The molecule has 0 amide bonds. The minimum atomic E-state index is 0.321. The SMILES string of the molecule is CN(C)C1CCN(C2CCCC(C)(C)C2N)CC1. The van der Waals surface area contributed by atoms with Gasteiger partial charge in [-0.15, -0.1) is 0 Å². The molecule has 1 aliphatic carbocycles. The highest BCUT2D eigenvalue weighted by molar-refractivity contribution is 4.97. The van der Waals surface area contributed by atoms with Gasteiger partial charge < -0.3 is 10.6 Å². The van der Waals surface area contributed by atoms with Crippen molar-refractivity contribution in [2.75, 3.05) is 27.2 Å². The number of piperidine rings is 1. The first-order chi connectivity index (χ1) is 8.42. The topological polar surface area (TPSA) is 32.5 Å². The fourth-order valence-electron chi connectivity index (χ4n) is 3.78. The second kappa shape index (κ2) is 5.48. The lowest BCUT2D eigenvalue weighted by Gasteiger charge is -2.48. The first-order valence-electron chi connectivity index (χ1n) is 7.58. The Balaban J connectivity index is 1.93. The van der Waals surface area contributed by atoms with Crippen molar-refractivity contribution in [1.82, 2.24) is 9.80 Å². The summed E-state index contributed by atoms with van der Waals surface area (Å²) in [5.74, 6) is 0. The first-order valence-corrected chi connectivity index (χ1v) is 7.58.